The van der Waals surface area contributed by atoms with E-state index in [0.29, 0.717) is 29.0 Å². The van der Waals surface area contributed by atoms with Gasteiger partial charge in [0.25, 0.3) is 0 Å². The quantitative estimate of drug-likeness (QED) is 0.548. The molecule has 0 amide bonds. The lowest BCUT2D eigenvalue weighted by molar-refractivity contribution is -0.117. The van der Waals surface area contributed by atoms with Crippen LogP contribution in [-0.2, 0) is 4.79 Å². The molecular weight excluding hydrogens is 356 g/mol. The molecule has 0 saturated heterocycles. The number of allylic oxidation sites excluding steroid dienone is 2. The number of carbonyl (C=O) groups excluding carboxylic acids is 1. The van der Waals surface area contributed by atoms with E-state index in [9.17, 15) is 9.90 Å². The number of fused-ring (bicyclic) bond motifs is 5. The zero-order valence-electron chi connectivity index (χ0n) is 19.1. The highest BCUT2D eigenvalue weighted by Crippen LogP contribution is 2.67. The zero-order chi connectivity index (χ0) is 21.0. The second-order valence-corrected chi connectivity index (χ2v) is 11.6. The summed E-state index contributed by atoms with van der Waals surface area (Å²) < 4.78 is 0. The lowest BCUT2D eigenvalue weighted by Crippen LogP contribution is -2.51. The van der Waals surface area contributed by atoms with Crippen molar-refractivity contribution < 1.29 is 9.90 Å². The van der Waals surface area contributed by atoms with E-state index in [4.69, 9.17) is 0 Å². The number of aliphatic hydroxyl groups is 1. The van der Waals surface area contributed by atoms with E-state index in [1.54, 1.807) is 0 Å². The first kappa shape index (κ1) is 21.3. The SMILES string of the molecule is C=C[C@@H](C)C[C@H](O)[C@@H](C)C1CC[C@H]2[C@@H]3CCC4=CC(=O)CC[C@]4(C)[C@H]3CC[C@]12C. The summed E-state index contributed by atoms with van der Waals surface area (Å²) in [5, 5.41) is 10.9. The van der Waals surface area contributed by atoms with Gasteiger partial charge in [0.2, 0.25) is 0 Å². The molecule has 29 heavy (non-hydrogen) atoms. The van der Waals surface area contributed by atoms with Gasteiger partial charge < -0.3 is 5.11 Å². The minimum absolute atomic E-state index is 0.218. The molecule has 0 heterocycles. The van der Waals surface area contributed by atoms with Crippen molar-refractivity contribution >= 4 is 5.78 Å². The minimum atomic E-state index is -0.218. The van der Waals surface area contributed by atoms with E-state index in [1.165, 1.54) is 37.7 Å². The van der Waals surface area contributed by atoms with E-state index in [-0.39, 0.29) is 11.5 Å². The van der Waals surface area contributed by atoms with Crippen LogP contribution in [0.2, 0.25) is 0 Å². The number of hydrogen-bond donors (Lipinski definition) is 1. The Morgan fingerprint density at radius 1 is 1.14 bits per heavy atom. The van der Waals surface area contributed by atoms with Crippen molar-refractivity contribution in [1.29, 1.82) is 0 Å². The molecule has 4 rings (SSSR count). The summed E-state index contributed by atoms with van der Waals surface area (Å²) in [5.74, 6) is 4.11. The Bertz CT molecular complexity index is 693. The van der Waals surface area contributed by atoms with E-state index in [2.05, 4.69) is 34.3 Å². The number of ketones is 1. The maximum absolute atomic E-state index is 12.0. The second-order valence-electron chi connectivity index (χ2n) is 11.6. The van der Waals surface area contributed by atoms with Gasteiger partial charge in [-0.25, -0.2) is 0 Å². The summed E-state index contributed by atoms with van der Waals surface area (Å²) in [6.07, 6.45) is 14.1. The van der Waals surface area contributed by atoms with Gasteiger partial charge >= 0.3 is 0 Å². The number of carbonyl (C=O) groups is 1. The third-order valence-corrected chi connectivity index (χ3v) is 10.3. The molecule has 3 fully saturated rings. The predicted octanol–water partition coefficient (Wildman–Crippen LogP) is 6.34. The van der Waals surface area contributed by atoms with Gasteiger partial charge in [0, 0.05) is 6.42 Å². The normalized spacial score (nSPS) is 44.7. The van der Waals surface area contributed by atoms with Gasteiger partial charge in [0.15, 0.2) is 5.78 Å². The molecule has 0 spiro atoms. The molecular formula is C27H42O2. The van der Waals surface area contributed by atoms with Crippen LogP contribution in [0.25, 0.3) is 0 Å². The maximum Gasteiger partial charge on any atom is 0.155 e. The summed E-state index contributed by atoms with van der Waals surface area (Å²) >= 11 is 0. The Morgan fingerprint density at radius 2 is 1.90 bits per heavy atom. The molecule has 162 valence electrons. The van der Waals surface area contributed by atoms with Crippen LogP contribution in [0.4, 0.5) is 0 Å². The number of aliphatic hydroxyl groups excluding tert-OH is 1. The molecule has 4 aliphatic rings. The van der Waals surface area contributed by atoms with Gasteiger partial charge in [-0.2, -0.15) is 0 Å². The van der Waals surface area contributed by atoms with Crippen molar-refractivity contribution in [1.82, 2.24) is 0 Å². The van der Waals surface area contributed by atoms with Crippen LogP contribution in [0, 0.1) is 46.3 Å². The average molecular weight is 399 g/mol. The first-order valence-electron chi connectivity index (χ1n) is 12.2. The van der Waals surface area contributed by atoms with Crippen LogP contribution in [0.3, 0.4) is 0 Å². The summed E-state index contributed by atoms with van der Waals surface area (Å²) in [4.78, 5) is 12.0. The molecule has 0 aromatic carbocycles. The number of rotatable bonds is 5. The van der Waals surface area contributed by atoms with Crippen LogP contribution in [0.15, 0.2) is 24.3 Å². The molecule has 0 aromatic heterocycles. The van der Waals surface area contributed by atoms with E-state index in [0.717, 1.165) is 43.4 Å². The van der Waals surface area contributed by atoms with Gasteiger partial charge in [-0.1, -0.05) is 39.3 Å². The third kappa shape index (κ3) is 3.38. The van der Waals surface area contributed by atoms with Crippen molar-refractivity contribution in [2.75, 3.05) is 0 Å². The maximum atomic E-state index is 12.0. The molecule has 9 atom stereocenters. The highest BCUT2D eigenvalue weighted by Gasteiger charge is 2.59. The third-order valence-electron chi connectivity index (χ3n) is 10.3. The standard InChI is InChI=1S/C27H42O2/c1-6-17(2)15-25(29)18(3)22-9-10-23-21-8-7-19-16-20(28)11-13-26(19,4)24(21)12-14-27(22,23)5/h6,16-18,21-25,29H,1,7-15H2,2-5H3/t17-,18+,21+,22?,23+,24+,25+,26+,27-/m1/s1. The van der Waals surface area contributed by atoms with Crippen molar-refractivity contribution in [2.45, 2.75) is 91.6 Å². The van der Waals surface area contributed by atoms with Crippen LogP contribution >= 0.6 is 0 Å². The summed E-state index contributed by atoms with van der Waals surface area (Å²) in [6, 6.07) is 0. The summed E-state index contributed by atoms with van der Waals surface area (Å²) in [5.41, 5.74) is 2.11. The zero-order valence-corrected chi connectivity index (χ0v) is 19.1. The predicted molar refractivity (Wildman–Crippen MR) is 119 cm³/mol. The Labute approximate surface area is 178 Å². The molecule has 2 nitrogen and oxygen atoms in total. The topological polar surface area (TPSA) is 37.3 Å². The summed E-state index contributed by atoms with van der Waals surface area (Å²) in [7, 11) is 0. The second kappa shape index (κ2) is 7.66. The van der Waals surface area contributed by atoms with Gasteiger partial charge in [-0.15, -0.1) is 6.58 Å². The first-order chi connectivity index (χ1) is 13.7. The highest BCUT2D eigenvalue weighted by molar-refractivity contribution is 5.91. The van der Waals surface area contributed by atoms with Crippen LogP contribution in [0.1, 0.15) is 85.5 Å². The highest BCUT2D eigenvalue weighted by atomic mass is 16.3. The first-order valence-corrected chi connectivity index (χ1v) is 12.2. The largest absolute Gasteiger partial charge is 0.393 e. The molecule has 0 aromatic rings. The molecule has 0 aliphatic heterocycles. The molecule has 2 heteroatoms. The fraction of sp³-hybridized carbons (Fsp3) is 0.815. The van der Waals surface area contributed by atoms with E-state index < -0.39 is 0 Å². The lowest BCUT2D eigenvalue weighted by atomic mass is 9.46. The fourth-order valence-corrected chi connectivity index (χ4v) is 8.42. The van der Waals surface area contributed by atoms with Crippen LogP contribution < -0.4 is 0 Å². The van der Waals surface area contributed by atoms with E-state index >= 15 is 0 Å². The van der Waals surface area contributed by atoms with Crippen LogP contribution in [0.5, 0.6) is 0 Å². The van der Waals surface area contributed by atoms with Crippen LogP contribution in [-0.4, -0.2) is 17.0 Å². The van der Waals surface area contributed by atoms with Crippen molar-refractivity contribution in [3.05, 3.63) is 24.3 Å². The molecule has 0 radical (unpaired) electrons. The van der Waals surface area contributed by atoms with Gasteiger partial charge in [-0.05, 0) is 104 Å². The Hall–Kier alpha value is -0.890. The summed E-state index contributed by atoms with van der Waals surface area (Å²) in [6.45, 7) is 13.4. The average Bonchev–Trinajstić information content (AvgIpc) is 3.04. The Morgan fingerprint density at radius 3 is 2.62 bits per heavy atom. The van der Waals surface area contributed by atoms with Gasteiger partial charge in [0.1, 0.15) is 0 Å². The Kier molecular flexibility index (Phi) is 5.64. The molecule has 3 saturated carbocycles. The van der Waals surface area contributed by atoms with Crippen molar-refractivity contribution in [2.24, 2.45) is 46.3 Å². The minimum Gasteiger partial charge on any atom is -0.393 e. The lowest BCUT2D eigenvalue weighted by Gasteiger charge is -2.58. The Balaban J connectivity index is 1.54. The molecule has 1 N–H and O–H groups in total. The molecule has 0 bridgehead atoms. The molecule has 1 unspecified atom stereocenters. The smallest absolute Gasteiger partial charge is 0.155 e. The number of hydrogen-bond acceptors (Lipinski definition) is 2. The van der Waals surface area contributed by atoms with Crippen molar-refractivity contribution in [3.8, 4) is 0 Å². The fourth-order valence-electron chi connectivity index (χ4n) is 8.42. The van der Waals surface area contributed by atoms with Crippen molar-refractivity contribution in [3.63, 3.8) is 0 Å². The van der Waals surface area contributed by atoms with Gasteiger partial charge in [-0.3, -0.25) is 4.79 Å². The van der Waals surface area contributed by atoms with Gasteiger partial charge in [0.05, 0.1) is 6.10 Å². The monoisotopic (exact) mass is 398 g/mol. The molecule has 4 aliphatic carbocycles. The van der Waals surface area contributed by atoms with E-state index in [1.807, 2.05) is 12.2 Å².